The molecular formula is C9H14ClNO3S. The van der Waals surface area contributed by atoms with Gasteiger partial charge in [0.25, 0.3) is 0 Å². The van der Waals surface area contributed by atoms with Gasteiger partial charge in [0.1, 0.15) is 6.04 Å². The van der Waals surface area contributed by atoms with Gasteiger partial charge in [-0.05, 0) is 0 Å². The highest BCUT2D eigenvalue weighted by molar-refractivity contribution is 7.99. The zero-order valence-corrected chi connectivity index (χ0v) is 10.3. The lowest BCUT2D eigenvalue weighted by molar-refractivity contribution is -0.144. The van der Waals surface area contributed by atoms with Crippen LogP contribution < -0.4 is 5.32 Å². The summed E-state index contributed by atoms with van der Waals surface area (Å²) >= 11 is 6.97. The number of amides is 1. The lowest BCUT2D eigenvalue weighted by Crippen LogP contribution is -2.42. The molecule has 1 N–H and O–H groups in total. The van der Waals surface area contributed by atoms with Gasteiger partial charge in [0.2, 0.25) is 5.91 Å². The van der Waals surface area contributed by atoms with E-state index in [1.54, 1.807) is 0 Å². The summed E-state index contributed by atoms with van der Waals surface area (Å²) in [7, 11) is 1.28. The minimum absolute atomic E-state index is 0.268. The van der Waals surface area contributed by atoms with Crippen molar-refractivity contribution < 1.29 is 14.3 Å². The van der Waals surface area contributed by atoms with Crippen LogP contribution in [0.25, 0.3) is 0 Å². The third-order valence-corrected chi connectivity index (χ3v) is 2.82. The summed E-state index contributed by atoms with van der Waals surface area (Å²) < 4.78 is 4.55. The summed E-state index contributed by atoms with van der Waals surface area (Å²) in [4.78, 5) is 22.0. The van der Waals surface area contributed by atoms with Crippen LogP contribution in [0.1, 0.15) is 6.92 Å². The van der Waals surface area contributed by atoms with Gasteiger partial charge in [0, 0.05) is 23.5 Å². The number of nitrogens with one attached hydrogen (secondary N) is 1. The van der Waals surface area contributed by atoms with Gasteiger partial charge in [-0.1, -0.05) is 18.2 Å². The van der Waals surface area contributed by atoms with Crippen LogP contribution in [0.4, 0.5) is 0 Å². The topological polar surface area (TPSA) is 55.4 Å². The second-order valence-corrected chi connectivity index (χ2v) is 4.37. The van der Waals surface area contributed by atoms with Gasteiger partial charge in [0.15, 0.2) is 0 Å². The minimum atomic E-state index is -0.631. The molecule has 86 valence electrons. The van der Waals surface area contributed by atoms with Crippen molar-refractivity contribution in [2.24, 2.45) is 0 Å². The summed E-state index contributed by atoms with van der Waals surface area (Å²) in [5.41, 5.74) is 0. The molecule has 0 spiro atoms. The smallest absolute Gasteiger partial charge is 0.329 e. The first-order valence-corrected chi connectivity index (χ1v) is 5.76. The third-order valence-electron chi connectivity index (χ3n) is 1.41. The Morgan fingerprint density at radius 2 is 2.20 bits per heavy atom. The number of carbonyl (C=O) groups is 2. The van der Waals surface area contributed by atoms with Crippen molar-refractivity contribution in [3.63, 3.8) is 0 Å². The Morgan fingerprint density at radius 1 is 1.60 bits per heavy atom. The number of hydrogen-bond donors (Lipinski definition) is 1. The molecule has 0 radical (unpaired) electrons. The number of methoxy groups -OCH3 is 1. The van der Waals surface area contributed by atoms with E-state index in [9.17, 15) is 9.59 Å². The van der Waals surface area contributed by atoms with Crippen molar-refractivity contribution in [3.8, 4) is 0 Å². The molecule has 0 bridgehead atoms. The largest absolute Gasteiger partial charge is 0.467 e. The minimum Gasteiger partial charge on any atom is -0.467 e. The van der Waals surface area contributed by atoms with E-state index in [0.717, 1.165) is 0 Å². The van der Waals surface area contributed by atoms with Gasteiger partial charge >= 0.3 is 5.97 Å². The molecule has 0 aromatic carbocycles. The molecule has 0 aliphatic heterocycles. The van der Waals surface area contributed by atoms with E-state index in [-0.39, 0.29) is 5.91 Å². The van der Waals surface area contributed by atoms with Crippen LogP contribution in [-0.2, 0) is 14.3 Å². The van der Waals surface area contributed by atoms with E-state index in [4.69, 9.17) is 11.6 Å². The zero-order valence-electron chi connectivity index (χ0n) is 8.71. The molecule has 6 heteroatoms. The molecule has 0 aliphatic carbocycles. The maximum Gasteiger partial charge on any atom is 0.329 e. The van der Waals surface area contributed by atoms with Crippen molar-refractivity contribution in [2.45, 2.75) is 13.0 Å². The zero-order chi connectivity index (χ0) is 11.8. The number of ether oxygens (including phenoxy) is 1. The van der Waals surface area contributed by atoms with Crippen LogP contribution in [0.3, 0.4) is 0 Å². The number of rotatable bonds is 6. The normalized spacial score (nSPS) is 11.7. The second kappa shape index (κ2) is 7.59. The van der Waals surface area contributed by atoms with Gasteiger partial charge in [-0.3, -0.25) is 4.79 Å². The van der Waals surface area contributed by atoms with Gasteiger partial charge in [0.05, 0.1) is 7.11 Å². The Bertz CT molecular complexity index is 258. The molecule has 15 heavy (non-hydrogen) atoms. The van der Waals surface area contributed by atoms with Crippen molar-refractivity contribution in [1.82, 2.24) is 5.32 Å². The molecule has 0 aromatic rings. The van der Waals surface area contributed by atoms with Crippen LogP contribution in [0, 0.1) is 0 Å². The van der Waals surface area contributed by atoms with Gasteiger partial charge in [-0.25, -0.2) is 4.79 Å². The highest BCUT2D eigenvalue weighted by Gasteiger charge is 2.19. The summed E-state index contributed by atoms with van der Waals surface area (Å²) in [6.07, 6.45) is 0. The van der Waals surface area contributed by atoms with Crippen LogP contribution in [0.15, 0.2) is 11.6 Å². The predicted octanol–water partition coefficient (Wildman–Crippen LogP) is 1.15. The monoisotopic (exact) mass is 251 g/mol. The van der Waals surface area contributed by atoms with Crippen LogP contribution in [0.5, 0.6) is 0 Å². The van der Waals surface area contributed by atoms with E-state index in [1.807, 2.05) is 0 Å². The molecule has 0 saturated carbocycles. The van der Waals surface area contributed by atoms with Gasteiger partial charge in [-0.15, -0.1) is 0 Å². The Morgan fingerprint density at radius 3 is 2.60 bits per heavy atom. The standard InChI is InChI=1S/C9H14ClNO3S/c1-6(10)4-15-5-8(9(13)14-3)11-7(2)12/h8H,1,4-5H2,2-3H3,(H,11,12)/t8-/m0/s1. The maximum atomic E-state index is 11.2. The fraction of sp³-hybridized carbons (Fsp3) is 0.556. The van der Waals surface area contributed by atoms with Crippen LogP contribution >= 0.6 is 23.4 Å². The van der Waals surface area contributed by atoms with Gasteiger partial charge in [-0.2, -0.15) is 11.8 Å². The molecule has 0 fully saturated rings. The summed E-state index contributed by atoms with van der Waals surface area (Å²) in [6.45, 7) is 4.87. The average molecular weight is 252 g/mol. The molecule has 0 aliphatic rings. The van der Waals surface area contributed by atoms with Crippen molar-refractivity contribution in [3.05, 3.63) is 11.6 Å². The number of carbonyl (C=O) groups excluding carboxylic acids is 2. The summed E-state index contributed by atoms with van der Waals surface area (Å²) in [6, 6.07) is -0.631. The molecular weight excluding hydrogens is 238 g/mol. The molecule has 0 heterocycles. The molecule has 0 saturated heterocycles. The first kappa shape index (κ1) is 14.3. The Kier molecular flexibility index (Phi) is 7.25. The van der Waals surface area contributed by atoms with Crippen molar-refractivity contribution >= 4 is 35.2 Å². The number of halogens is 1. The average Bonchev–Trinajstić information content (AvgIpc) is 2.14. The number of hydrogen-bond acceptors (Lipinski definition) is 4. The molecule has 0 rings (SSSR count). The van der Waals surface area contributed by atoms with E-state index >= 15 is 0 Å². The molecule has 0 unspecified atom stereocenters. The lowest BCUT2D eigenvalue weighted by atomic mass is 10.3. The van der Waals surface area contributed by atoms with Gasteiger partial charge < -0.3 is 10.1 Å². The molecule has 1 atom stereocenters. The SMILES string of the molecule is C=C(Cl)CSC[C@H](NC(C)=O)C(=O)OC. The Labute approximate surface area is 98.4 Å². The van der Waals surface area contributed by atoms with E-state index < -0.39 is 12.0 Å². The molecule has 1 amide bonds. The third kappa shape index (κ3) is 7.27. The summed E-state index contributed by atoms with van der Waals surface area (Å²) in [5, 5.41) is 3.00. The highest BCUT2D eigenvalue weighted by atomic mass is 35.5. The Balaban J connectivity index is 4.07. The number of thioether (sulfide) groups is 1. The van der Waals surface area contributed by atoms with Crippen LogP contribution in [0.2, 0.25) is 0 Å². The molecule has 0 aromatic heterocycles. The van der Waals surface area contributed by atoms with Crippen molar-refractivity contribution in [1.29, 1.82) is 0 Å². The van der Waals surface area contributed by atoms with E-state index in [2.05, 4.69) is 16.6 Å². The summed E-state index contributed by atoms with van der Waals surface area (Å²) in [5.74, 6) is 0.223. The first-order valence-electron chi connectivity index (χ1n) is 4.23. The highest BCUT2D eigenvalue weighted by Crippen LogP contribution is 2.11. The van der Waals surface area contributed by atoms with Crippen molar-refractivity contribution in [2.75, 3.05) is 18.6 Å². The van der Waals surface area contributed by atoms with Crippen LogP contribution in [-0.4, -0.2) is 36.5 Å². The Hall–Kier alpha value is -0.680. The second-order valence-electron chi connectivity index (χ2n) is 2.81. The molecule has 4 nitrogen and oxygen atoms in total. The maximum absolute atomic E-state index is 11.2. The fourth-order valence-corrected chi connectivity index (χ4v) is 1.87. The predicted molar refractivity (Wildman–Crippen MR) is 61.9 cm³/mol. The quantitative estimate of drug-likeness (QED) is 0.720. The number of esters is 1. The lowest BCUT2D eigenvalue weighted by Gasteiger charge is -2.14. The fourth-order valence-electron chi connectivity index (χ4n) is 0.844. The van der Waals surface area contributed by atoms with E-state index in [0.29, 0.717) is 16.5 Å². The van der Waals surface area contributed by atoms with E-state index in [1.165, 1.54) is 25.8 Å². The first-order chi connectivity index (χ1) is 6.97.